The molecule has 1 amide bonds. The molecule has 1 aromatic carbocycles. The lowest BCUT2D eigenvalue weighted by molar-refractivity contribution is -0.115. The number of rotatable bonds is 6. The van der Waals surface area contributed by atoms with Gasteiger partial charge in [0.15, 0.2) is 0 Å². The fourth-order valence-electron chi connectivity index (χ4n) is 1.43. The van der Waals surface area contributed by atoms with E-state index in [0.717, 1.165) is 6.42 Å². The van der Waals surface area contributed by atoms with Crippen molar-refractivity contribution < 1.29 is 13.4 Å². The topological polar surface area (TPSA) is 72.2 Å². The molecular weight excluding hydrogens is 267 g/mol. The molecular formula is C13H19FN2O2S. The van der Waals surface area contributed by atoms with E-state index < -0.39 is 16.6 Å². The average Bonchev–Trinajstić information content (AvgIpc) is 2.39. The highest BCUT2D eigenvalue weighted by Gasteiger charge is 2.11. The summed E-state index contributed by atoms with van der Waals surface area (Å²) in [6, 6.07) is 4.00. The van der Waals surface area contributed by atoms with E-state index in [2.05, 4.69) is 5.32 Å². The molecule has 0 fully saturated rings. The molecule has 0 bridgehead atoms. The molecule has 3 N–H and O–H groups in total. The van der Waals surface area contributed by atoms with E-state index in [1.807, 2.05) is 13.8 Å². The summed E-state index contributed by atoms with van der Waals surface area (Å²) < 4.78 is 24.6. The van der Waals surface area contributed by atoms with Gasteiger partial charge in [-0.3, -0.25) is 9.00 Å². The molecule has 0 heterocycles. The normalized spacial score (nSPS) is 13.8. The van der Waals surface area contributed by atoms with Crippen LogP contribution in [0.5, 0.6) is 0 Å². The number of hydrogen-bond donors (Lipinski definition) is 2. The first-order valence-corrected chi connectivity index (χ1v) is 7.54. The van der Waals surface area contributed by atoms with Gasteiger partial charge in [-0.15, -0.1) is 0 Å². The Bertz CT molecular complexity index is 480. The molecule has 0 saturated carbocycles. The van der Waals surface area contributed by atoms with Crippen LogP contribution >= 0.6 is 0 Å². The van der Waals surface area contributed by atoms with Crippen molar-refractivity contribution in [1.29, 1.82) is 0 Å². The third-order valence-electron chi connectivity index (χ3n) is 2.83. The Morgan fingerprint density at radius 1 is 1.53 bits per heavy atom. The van der Waals surface area contributed by atoms with Crippen molar-refractivity contribution in [3.05, 3.63) is 24.0 Å². The van der Waals surface area contributed by atoms with Gasteiger partial charge >= 0.3 is 0 Å². The van der Waals surface area contributed by atoms with Crippen LogP contribution in [0, 0.1) is 5.82 Å². The van der Waals surface area contributed by atoms with Crippen LogP contribution < -0.4 is 11.1 Å². The summed E-state index contributed by atoms with van der Waals surface area (Å²) in [5.74, 6) is -0.434. The number of amides is 1. The van der Waals surface area contributed by atoms with Crippen LogP contribution in [0.3, 0.4) is 0 Å². The number of hydrogen-bond acceptors (Lipinski definition) is 3. The molecule has 0 radical (unpaired) electrons. The van der Waals surface area contributed by atoms with Crippen LogP contribution in [-0.4, -0.2) is 21.1 Å². The number of nitrogens with one attached hydrogen (secondary N) is 1. The number of benzene rings is 1. The van der Waals surface area contributed by atoms with Crippen molar-refractivity contribution in [2.24, 2.45) is 0 Å². The van der Waals surface area contributed by atoms with Crippen LogP contribution in [-0.2, 0) is 15.6 Å². The Kier molecular flexibility index (Phi) is 5.95. The van der Waals surface area contributed by atoms with Gasteiger partial charge in [0, 0.05) is 33.9 Å². The largest absolute Gasteiger partial charge is 0.396 e. The van der Waals surface area contributed by atoms with Crippen molar-refractivity contribution in [2.75, 3.05) is 16.8 Å². The van der Waals surface area contributed by atoms with Gasteiger partial charge in [-0.2, -0.15) is 0 Å². The summed E-state index contributed by atoms with van der Waals surface area (Å²) in [6.07, 6.45) is 0.997. The van der Waals surface area contributed by atoms with Gasteiger partial charge in [0.1, 0.15) is 5.82 Å². The van der Waals surface area contributed by atoms with Crippen LogP contribution in [0.25, 0.3) is 0 Å². The van der Waals surface area contributed by atoms with Gasteiger partial charge in [0.05, 0.1) is 5.69 Å². The van der Waals surface area contributed by atoms with E-state index >= 15 is 0 Å². The zero-order valence-corrected chi connectivity index (χ0v) is 11.9. The molecule has 1 aromatic rings. The van der Waals surface area contributed by atoms with Gasteiger partial charge in [-0.1, -0.05) is 13.8 Å². The van der Waals surface area contributed by atoms with E-state index in [0.29, 0.717) is 11.4 Å². The molecule has 6 heteroatoms. The van der Waals surface area contributed by atoms with E-state index in [4.69, 9.17) is 5.73 Å². The molecule has 19 heavy (non-hydrogen) atoms. The Morgan fingerprint density at radius 2 is 2.21 bits per heavy atom. The Morgan fingerprint density at radius 3 is 2.79 bits per heavy atom. The SMILES string of the molecule is CCC(C)S(=O)CCC(=O)Nc1ccc(F)c(N)c1. The van der Waals surface area contributed by atoms with Crippen molar-refractivity contribution in [3.8, 4) is 0 Å². The first-order chi connectivity index (χ1) is 8.93. The van der Waals surface area contributed by atoms with E-state index in [9.17, 15) is 13.4 Å². The van der Waals surface area contributed by atoms with Crippen LogP contribution in [0.4, 0.5) is 15.8 Å². The molecule has 0 saturated heterocycles. The summed E-state index contributed by atoms with van der Waals surface area (Å²) in [7, 11) is -0.997. The second-order valence-corrected chi connectivity index (χ2v) is 6.31. The molecule has 4 nitrogen and oxygen atoms in total. The smallest absolute Gasteiger partial charge is 0.225 e. The third-order valence-corrected chi connectivity index (χ3v) is 4.67. The highest BCUT2D eigenvalue weighted by atomic mass is 32.2. The lowest BCUT2D eigenvalue weighted by Crippen LogP contribution is -2.19. The number of anilines is 2. The van der Waals surface area contributed by atoms with Gasteiger partial charge in [-0.25, -0.2) is 4.39 Å². The van der Waals surface area contributed by atoms with Gasteiger partial charge in [0.2, 0.25) is 5.91 Å². The Balaban J connectivity index is 2.47. The van der Waals surface area contributed by atoms with E-state index in [1.165, 1.54) is 18.2 Å². The van der Waals surface area contributed by atoms with Crippen LogP contribution in [0.15, 0.2) is 18.2 Å². The maximum absolute atomic E-state index is 12.9. The predicted molar refractivity (Wildman–Crippen MR) is 76.8 cm³/mol. The first-order valence-electron chi connectivity index (χ1n) is 6.16. The van der Waals surface area contributed by atoms with Crippen molar-refractivity contribution >= 4 is 28.1 Å². The van der Waals surface area contributed by atoms with Crippen molar-refractivity contribution in [2.45, 2.75) is 31.9 Å². The molecule has 0 aliphatic heterocycles. The van der Waals surface area contributed by atoms with Gasteiger partial charge < -0.3 is 11.1 Å². The van der Waals surface area contributed by atoms with Crippen LogP contribution in [0.1, 0.15) is 26.7 Å². The zero-order valence-electron chi connectivity index (χ0n) is 11.1. The summed E-state index contributed by atoms with van der Waals surface area (Å²) in [6.45, 7) is 3.86. The first kappa shape index (κ1) is 15.6. The maximum Gasteiger partial charge on any atom is 0.225 e. The predicted octanol–water partition coefficient (Wildman–Crippen LogP) is 2.28. The second kappa shape index (κ2) is 7.23. The second-order valence-electron chi connectivity index (χ2n) is 4.34. The third kappa shape index (κ3) is 4.98. The average molecular weight is 286 g/mol. The van der Waals surface area contributed by atoms with Crippen molar-refractivity contribution in [1.82, 2.24) is 0 Å². The lowest BCUT2D eigenvalue weighted by atomic mass is 10.2. The lowest BCUT2D eigenvalue weighted by Gasteiger charge is -2.09. The number of nitrogens with two attached hydrogens (primary N) is 1. The quantitative estimate of drug-likeness (QED) is 0.788. The molecule has 2 atom stereocenters. The highest BCUT2D eigenvalue weighted by Crippen LogP contribution is 2.16. The zero-order chi connectivity index (χ0) is 14.4. The maximum atomic E-state index is 12.9. The fourth-order valence-corrected chi connectivity index (χ4v) is 2.59. The number of carbonyl (C=O) groups excluding carboxylic acids is 1. The number of carbonyl (C=O) groups is 1. The monoisotopic (exact) mass is 286 g/mol. The fraction of sp³-hybridized carbons (Fsp3) is 0.462. The summed E-state index contributed by atoms with van der Waals surface area (Å²) in [5, 5.41) is 2.69. The Labute approximate surface area is 115 Å². The minimum Gasteiger partial charge on any atom is -0.396 e. The molecule has 2 unspecified atom stereocenters. The van der Waals surface area contributed by atoms with Gasteiger partial charge in [0.25, 0.3) is 0 Å². The molecule has 0 spiro atoms. The summed E-state index contributed by atoms with van der Waals surface area (Å²) in [4.78, 5) is 11.6. The minimum atomic E-state index is -0.997. The molecule has 0 aliphatic rings. The number of nitrogen functional groups attached to an aromatic ring is 1. The standard InChI is InChI=1S/C13H19FN2O2S/c1-3-9(2)19(18)7-6-13(17)16-10-4-5-11(14)12(15)8-10/h4-5,8-9H,3,6-7,15H2,1-2H3,(H,16,17). The minimum absolute atomic E-state index is 0.0130. The highest BCUT2D eigenvalue weighted by molar-refractivity contribution is 7.85. The number of halogens is 1. The van der Waals surface area contributed by atoms with Gasteiger partial charge in [-0.05, 0) is 24.6 Å². The molecule has 0 aliphatic carbocycles. The molecule has 0 aromatic heterocycles. The molecule has 1 rings (SSSR count). The summed E-state index contributed by atoms with van der Waals surface area (Å²) >= 11 is 0. The van der Waals surface area contributed by atoms with E-state index in [1.54, 1.807) is 0 Å². The Hall–Kier alpha value is -1.43. The summed E-state index contributed by atoms with van der Waals surface area (Å²) in [5.41, 5.74) is 5.83. The van der Waals surface area contributed by atoms with Crippen LogP contribution in [0.2, 0.25) is 0 Å². The molecule has 106 valence electrons. The van der Waals surface area contributed by atoms with E-state index in [-0.39, 0.29) is 23.3 Å². The van der Waals surface area contributed by atoms with Crippen molar-refractivity contribution in [3.63, 3.8) is 0 Å².